The van der Waals surface area contributed by atoms with Gasteiger partial charge >= 0.3 is 0 Å². The van der Waals surface area contributed by atoms with Crippen LogP contribution in [0.4, 0.5) is 0 Å². The zero-order chi connectivity index (χ0) is 9.23. The number of ketones is 1. The van der Waals surface area contributed by atoms with Crippen molar-refractivity contribution in [1.29, 1.82) is 0 Å². The highest BCUT2D eigenvalue weighted by Gasteiger charge is 1.98. The molecule has 0 atom stereocenters. The largest absolute Gasteiger partial charge is 0.381 e. The Morgan fingerprint density at radius 1 is 1.08 bits per heavy atom. The maximum atomic E-state index is 11.0. The monoisotopic (exact) mass is 172 g/mol. The van der Waals surface area contributed by atoms with Gasteiger partial charge in [0, 0.05) is 26.1 Å². The normalized spacial score (nSPS) is 10.2. The minimum absolute atomic E-state index is 0.373. The lowest BCUT2D eigenvalue weighted by atomic mass is 10.1. The van der Waals surface area contributed by atoms with Gasteiger partial charge in [0.05, 0.1) is 0 Å². The Bertz CT molecular complexity index is 110. The molecule has 0 fully saturated rings. The average molecular weight is 172 g/mol. The average Bonchev–Trinajstić information content (AvgIpc) is 2.05. The second-order valence-electron chi connectivity index (χ2n) is 3.00. The van der Waals surface area contributed by atoms with E-state index >= 15 is 0 Å². The van der Waals surface area contributed by atoms with Crippen molar-refractivity contribution in [3.05, 3.63) is 0 Å². The molecule has 0 saturated carbocycles. The maximum absolute atomic E-state index is 11.0. The van der Waals surface area contributed by atoms with Gasteiger partial charge in [0.15, 0.2) is 0 Å². The summed E-state index contributed by atoms with van der Waals surface area (Å²) in [4.78, 5) is 11.0. The number of hydrogen-bond donors (Lipinski definition) is 0. The van der Waals surface area contributed by atoms with Crippen LogP contribution in [0, 0.1) is 0 Å². The van der Waals surface area contributed by atoms with Gasteiger partial charge in [-0.3, -0.25) is 4.79 Å². The van der Waals surface area contributed by atoms with Crippen LogP contribution in [0.1, 0.15) is 46.0 Å². The van der Waals surface area contributed by atoms with E-state index in [0.717, 1.165) is 38.9 Å². The summed E-state index contributed by atoms with van der Waals surface area (Å²) in [6.07, 6.45) is 4.34. The molecule has 0 aromatic heterocycles. The lowest BCUT2D eigenvalue weighted by molar-refractivity contribution is -0.119. The van der Waals surface area contributed by atoms with Gasteiger partial charge in [-0.15, -0.1) is 0 Å². The van der Waals surface area contributed by atoms with Gasteiger partial charge < -0.3 is 4.74 Å². The summed E-state index contributed by atoms with van der Waals surface area (Å²) in [7, 11) is 0. The summed E-state index contributed by atoms with van der Waals surface area (Å²) in [5.41, 5.74) is 0. The van der Waals surface area contributed by atoms with Crippen molar-refractivity contribution in [2.24, 2.45) is 0 Å². The Balaban J connectivity index is 3.03. The minimum Gasteiger partial charge on any atom is -0.381 e. The Morgan fingerprint density at radius 2 is 1.83 bits per heavy atom. The van der Waals surface area contributed by atoms with Gasteiger partial charge in [-0.2, -0.15) is 0 Å². The molecule has 0 aromatic carbocycles. The van der Waals surface area contributed by atoms with Crippen molar-refractivity contribution in [3.63, 3.8) is 0 Å². The Morgan fingerprint density at radius 3 is 2.42 bits per heavy atom. The predicted molar refractivity (Wildman–Crippen MR) is 50.3 cm³/mol. The van der Waals surface area contributed by atoms with Gasteiger partial charge in [-0.25, -0.2) is 0 Å². The van der Waals surface area contributed by atoms with E-state index in [4.69, 9.17) is 4.74 Å². The fraction of sp³-hybridized carbons (Fsp3) is 0.900. The third-order valence-electron chi connectivity index (χ3n) is 1.62. The zero-order valence-corrected chi connectivity index (χ0v) is 8.27. The van der Waals surface area contributed by atoms with Gasteiger partial charge in [-0.1, -0.05) is 13.8 Å². The lowest BCUT2D eigenvalue weighted by Gasteiger charge is -2.01. The molecule has 2 nitrogen and oxygen atoms in total. The number of hydrogen-bond acceptors (Lipinski definition) is 2. The fourth-order valence-corrected chi connectivity index (χ4v) is 1.02. The topological polar surface area (TPSA) is 26.3 Å². The lowest BCUT2D eigenvalue weighted by Crippen LogP contribution is -2.01. The Hall–Kier alpha value is -0.370. The molecule has 0 amide bonds. The number of carbonyl (C=O) groups excluding carboxylic acids is 1. The third-order valence-corrected chi connectivity index (χ3v) is 1.62. The standard InChI is InChI=1S/C10H20O2/c1-3-6-10(11)7-5-9-12-8-4-2/h3-9H2,1-2H3. The van der Waals surface area contributed by atoms with Crippen molar-refractivity contribution >= 4 is 5.78 Å². The van der Waals surface area contributed by atoms with E-state index in [1.807, 2.05) is 6.92 Å². The highest BCUT2D eigenvalue weighted by molar-refractivity contribution is 5.78. The molecular formula is C10H20O2. The van der Waals surface area contributed by atoms with Crippen molar-refractivity contribution in [2.75, 3.05) is 13.2 Å². The molecule has 0 unspecified atom stereocenters. The highest BCUT2D eigenvalue weighted by Crippen LogP contribution is 1.98. The summed E-state index contributed by atoms with van der Waals surface area (Å²) >= 11 is 0. The molecule has 0 heterocycles. The molecule has 2 heteroatoms. The van der Waals surface area contributed by atoms with E-state index in [0.29, 0.717) is 12.2 Å². The van der Waals surface area contributed by atoms with E-state index in [1.165, 1.54) is 0 Å². The number of ether oxygens (including phenoxy) is 1. The van der Waals surface area contributed by atoms with Crippen molar-refractivity contribution < 1.29 is 9.53 Å². The van der Waals surface area contributed by atoms with E-state index < -0.39 is 0 Å². The van der Waals surface area contributed by atoms with Gasteiger partial charge in [0.2, 0.25) is 0 Å². The van der Waals surface area contributed by atoms with E-state index in [2.05, 4.69) is 6.92 Å². The first-order valence-corrected chi connectivity index (χ1v) is 4.90. The van der Waals surface area contributed by atoms with Gasteiger partial charge in [0.25, 0.3) is 0 Å². The van der Waals surface area contributed by atoms with Gasteiger partial charge in [0.1, 0.15) is 5.78 Å². The summed E-state index contributed by atoms with van der Waals surface area (Å²) in [6.45, 7) is 5.68. The van der Waals surface area contributed by atoms with Crippen LogP contribution < -0.4 is 0 Å². The molecule has 0 radical (unpaired) electrons. The van der Waals surface area contributed by atoms with E-state index in [1.54, 1.807) is 0 Å². The van der Waals surface area contributed by atoms with Crippen LogP contribution in [0.15, 0.2) is 0 Å². The molecule has 0 aromatic rings. The van der Waals surface area contributed by atoms with E-state index in [-0.39, 0.29) is 0 Å². The minimum atomic E-state index is 0.373. The first kappa shape index (κ1) is 11.6. The molecule has 72 valence electrons. The number of carbonyl (C=O) groups is 1. The zero-order valence-electron chi connectivity index (χ0n) is 8.27. The van der Waals surface area contributed by atoms with Crippen molar-refractivity contribution in [2.45, 2.75) is 46.0 Å². The molecule has 0 spiro atoms. The Kier molecular flexibility index (Phi) is 8.46. The van der Waals surface area contributed by atoms with Crippen LogP contribution in [0.25, 0.3) is 0 Å². The van der Waals surface area contributed by atoms with Crippen LogP contribution in [-0.4, -0.2) is 19.0 Å². The van der Waals surface area contributed by atoms with Crippen LogP contribution >= 0.6 is 0 Å². The molecule has 0 bridgehead atoms. The Labute approximate surface area is 75.3 Å². The fourth-order valence-electron chi connectivity index (χ4n) is 1.02. The summed E-state index contributed by atoms with van der Waals surface area (Å²) in [5.74, 6) is 0.373. The molecule has 0 saturated heterocycles. The van der Waals surface area contributed by atoms with Crippen LogP contribution in [0.3, 0.4) is 0 Å². The first-order valence-electron chi connectivity index (χ1n) is 4.90. The first-order chi connectivity index (χ1) is 5.81. The van der Waals surface area contributed by atoms with Crippen molar-refractivity contribution in [3.8, 4) is 0 Å². The summed E-state index contributed by atoms with van der Waals surface area (Å²) < 4.78 is 5.26. The molecule has 0 aliphatic carbocycles. The van der Waals surface area contributed by atoms with Gasteiger partial charge in [-0.05, 0) is 19.3 Å². The number of Topliss-reactive ketones (excluding diaryl/α,β-unsaturated/α-hetero) is 1. The second-order valence-corrected chi connectivity index (χ2v) is 3.00. The highest BCUT2D eigenvalue weighted by atomic mass is 16.5. The van der Waals surface area contributed by atoms with E-state index in [9.17, 15) is 4.79 Å². The number of rotatable bonds is 8. The second kappa shape index (κ2) is 8.72. The summed E-state index contributed by atoms with van der Waals surface area (Å²) in [5, 5.41) is 0. The van der Waals surface area contributed by atoms with Crippen LogP contribution in [0.5, 0.6) is 0 Å². The van der Waals surface area contributed by atoms with Crippen LogP contribution in [0.2, 0.25) is 0 Å². The maximum Gasteiger partial charge on any atom is 0.132 e. The molecule has 0 N–H and O–H groups in total. The molecule has 0 aliphatic rings. The summed E-state index contributed by atoms with van der Waals surface area (Å²) in [6, 6.07) is 0. The molecule has 0 aliphatic heterocycles. The van der Waals surface area contributed by atoms with Crippen molar-refractivity contribution in [1.82, 2.24) is 0 Å². The quantitative estimate of drug-likeness (QED) is 0.526. The third kappa shape index (κ3) is 7.73. The molecule has 12 heavy (non-hydrogen) atoms. The van der Waals surface area contributed by atoms with Crippen LogP contribution in [-0.2, 0) is 9.53 Å². The smallest absolute Gasteiger partial charge is 0.132 e. The SMILES string of the molecule is CCCOCCCC(=O)CCC. The molecule has 0 rings (SSSR count). The predicted octanol–water partition coefficient (Wildman–Crippen LogP) is 2.56. The molecular weight excluding hydrogens is 152 g/mol.